The molecule has 0 atom stereocenters. The van der Waals surface area contributed by atoms with Crippen LogP contribution in [-0.2, 0) is 4.79 Å². The summed E-state index contributed by atoms with van der Waals surface area (Å²) in [6.07, 6.45) is 0. The zero-order valence-electron chi connectivity index (χ0n) is 16.3. The largest absolute Gasteiger partial charge is 0.493 e. The Balaban J connectivity index is 1.66. The highest BCUT2D eigenvalue weighted by molar-refractivity contribution is 6.34. The number of nitrogens with one attached hydrogen (secondary N) is 1. The predicted molar refractivity (Wildman–Crippen MR) is 111 cm³/mol. The molecule has 0 unspecified atom stereocenters. The minimum atomic E-state index is -0.411. The Labute approximate surface area is 172 Å². The van der Waals surface area contributed by atoms with E-state index >= 15 is 0 Å². The third kappa shape index (κ3) is 3.48. The fraction of sp³-hybridized carbons (Fsp3) is 0.0870. The maximum Gasteiger partial charge on any atom is 0.266 e. The van der Waals surface area contributed by atoms with Crippen LogP contribution in [-0.4, -0.2) is 24.8 Å². The maximum absolute atomic E-state index is 12.9. The minimum absolute atomic E-state index is 0.214. The molecule has 3 aromatic rings. The van der Waals surface area contributed by atoms with Gasteiger partial charge in [0.25, 0.3) is 11.8 Å². The average molecular weight is 402 g/mol. The van der Waals surface area contributed by atoms with Gasteiger partial charge in [0.15, 0.2) is 11.5 Å². The molecule has 0 saturated carbocycles. The van der Waals surface area contributed by atoms with Gasteiger partial charge in [-0.15, -0.1) is 0 Å². The fourth-order valence-electron chi connectivity index (χ4n) is 3.26. The first-order valence-electron chi connectivity index (χ1n) is 9.19. The van der Waals surface area contributed by atoms with Crippen molar-refractivity contribution < 1.29 is 23.9 Å². The number of hydrogen-bond donors (Lipinski definition) is 1. The zero-order chi connectivity index (χ0) is 21.3. The van der Waals surface area contributed by atoms with Crippen LogP contribution in [0.25, 0.3) is 0 Å². The van der Waals surface area contributed by atoms with Crippen LogP contribution in [0.4, 0.5) is 11.4 Å². The van der Waals surface area contributed by atoms with Crippen molar-refractivity contribution in [1.82, 2.24) is 0 Å². The molecular formula is C23H18N2O5. The second-order valence-electron chi connectivity index (χ2n) is 6.64. The second-order valence-corrected chi connectivity index (χ2v) is 6.64. The third-order valence-corrected chi connectivity index (χ3v) is 4.58. The molecular weight excluding hydrogens is 384 g/mol. The SMILES string of the molecule is COc1ccc(NC(C)=O)cc1Oc1ccc2c(c1)C(=O)N(c1ccccc1)C2=O. The number of anilines is 2. The Hall–Kier alpha value is -4.13. The smallest absolute Gasteiger partial charge is 0.266 e. The van der Waals surface area contributed by atoms with Gasteiger partial charge in [-0.2, -0.15) is 0 Å². The van der Waals surface area contributed by atoms with Gasteiger partial charge in [-0.25, -0.2) is 4.90 Å². The number of hydrogen-bond acceptors (Lipinski definition) is 5. The average Bonchev–Trinajstić information content (AvgIpc) is 2.98. The lowest BCUT2D eigenvalue weighted by atomic mass is 10.1. The highest BCUT2D eigenvalue weighted by atomic mass is 16.5. The van der Waals surface area contributed by atoms with Crippen molar-refractivity contribution in [1.29, 1.82) is 0 Å². The zero-order valence-corrected chi connectivity index (χ0v) is 16.3. The standard InChI is InChI=1S/C23H18N2O5/c1-14(26)24-15-8-11-20(29-2)21(12-15)30-17-9-10-18-19(13-17)23(28)25(22(18)27)16-6-4-3-5-7-16/h3-13H,1-2H3,(H,24,26). The Bertz CT molecular complexity index is 1160. The monoisotopic (exact) mass is 402 g/mol. The van der Waals surface area contributed by atoms with Gasteiger partial charge >= 0.3 is 0 Å². The minimum Gasteiger partial charge on any atom is -0.493 e. The van der Waals surface area contributed by atoms with Gasteiger partial charge in [-0.1, -0.05) is 18.2 Å². The summed E-state index contributed by atoms with van der Waals surface area (Å²) >= 11 is 0. The molecule has 7 nitrogen and oxygen atoms in total. The van der Waals surface area contributed by atoms with Gasteiger partial charge < -0.3 is 14.8 Å². The number of rotatable bonds is 5. The van der Waals surface area contributed by atoms with Crippen LogP contribution in [0.5, 0.6) is 17.2 Å². The number of nitrogens with zero attached hydrogens (tertiary/aromatic N) is 1. The quantitative estimate of drug-likeness (QED) is 0.645. The third-order valence-electron chi connectivity index (χ3n) is 4.58. The van der Waals surface area contributed by atoms with E-state index < -0.39 is 5.91 Å². The second kappa shape index (κ2) is 7.71. The highest BCUT2D eigenvalue weighted by Crippen LogP contribution is 2.36. The molecule has 1 heterocycles. The number of carbonyl (C=O) groups is 3. The number of carbonyl (C=O) groups excluding carboxylic acids is 3. The number of methoxy groups -OCH3 is 1. The topological polar surface area (TPSA) is 84.9 Å². The molecule has 0 aromatic heterocycles. The van der Waals surface area contributed by atoms with Crippen molar-refractivity contribution in [3.8, 4) is 17.2 Å². The first-order chi connectivity index (χ1) is 14.5. The van der Waals surface area contributed by atoms with Gasteiger partial charge in [0.1, 0.15) is 5.75 Å². The van der Waals surface area contributed by atoms with E-state index in [9.17, 15) is 14.4 Å². The van der Waals surface area contributed by atoms with Crippen molar-refractivity contribution >= 4 is 29.1 Å². The van der Waals surface area contributed by atoms with Crippen molar-refractivity contribution in [2.45, 2.75) is 6.92 Å². The molecule has 1 aliphatic rings. The molecule has 0 spiro atoms. The lowest BCUT2D eigenvalue weighted by molar-refractivity contribution is -0.114. The van der Waals surface area contributed by atoms with Gasteiger partial charge in [0.05, 0.1) is 23.9 Å². The molecule has 0 radical (unpaired) electrons. The Kier molecular flexibility index (Phi) is 4.93. The normalized spacial score (nSPS) is 12.5. The van der Waals surface area contributed by atoms with Crippen molar-refractivity contribution in [2.75, 3.05) is 17.3 Å². The number of ether oxygens (including phenoxy) is 2. The van der Waals surface area contributed by atoms with Gasteiger partial charge in [-0.3, -0.25) is 14.4 Å². The molecule has 30 heavy (non-hydrogen) atoms. The van der Waals surface area contributed by atoms with E-state index in [-0.39, 0.29) is 17.4 Å². The summed E-state index contributed by atoms with van der Waals surface area (Å²) < 4.78 is 11.2. The number of imide groups is 1. The molecule has 1 N–H and O–H groups in total. The van der Waals surface area contributed by atoms with Gasteiger partial charge in [-0.05, 0) is 42.5 Å². The Morgan fingerprint density at radius 2 is 1.60 bits per heavy atom. The van der Waals surface area contributed by atoms with Crippen molar-refractivity contribution in [2.24, 2.45) is 0 Å². The van der Waals surface area contributed by atoms with Crippen LogP contribution in [0, 0.1) is 0 Å². The summed E-state index contributed by atoms with van der Waals surface area (Å²) in [5, 5.41) is 2.68. The predicted octanol–water partition coefficient (Wildman–Crippen LogP) is 4.25. The molecule has 150 valence electrons. The fourth-order valence-corrected chi connectivity index (χ4v) is 3.26. The van der Waals surface area contributed by atoms with E-state index in [0.29, 0.717) is 34.2 Å². The first-order valence-corrected chi connectivity index (χ1v) is 9.19. The van der Waals surface area contributed by atoms with E-state index in [4.69, 9.17) is 9.47 Å². The van der Waals surface area contributed by atoms with Gasteiger partial charge in [0, 0.05) is 18.7 Å². The van der Waals surface area contributed by atoms with Crippen molar-refractivity contribution in [3.05, 3.63) is 77.9 Å². The van der Waals surface area contributed by atoms with Crippen LogP contribution in [0.3, 0.4) is 0 Å². The molecule has 7 heteroatoms. The lowest BCUT2D eigenvalue weighted by Gasteiger charge is -2.13. The van der Waals surface area contributed by atoms with E-state index in [1.54, 1.807) is 54.6 Å². The number of amides is 3. The lowest BCUT2D eigenvalue weighted by Crippen LogP contribution is -2.29. The molecule has 0 bridgehead atoms. The van der Waals surface area contributed by atoms with Crippen LogP contribution < -0.4 is 19.7 Å². The van der Waals surface area contributed by atoms with E-state index in [1.165, 1.54) is 20.1 Å². The summed E-state index contributed by atoms with van der Waals surface area (Å²) in [5.41, 5.74) is 1.63. The van der Waals surface area contributed by atoms with E-state index in [1.807, 2.05) is 6.07 Å². The first kappa shape index (κ1) is 19.2. The summed E-state index contributed by atoms with van der Waals surface area (Å²) in [7, 11) is 1.50. The summed E-state index contributed by atoms with van der Waals surface area (Å²) in [4.78, 5) is 38.1. The molecule has 4 rings (SSSR count). The van der Waals surface area contributed by atoms with Crippen LogP contribution in [0.1, 0.15) is 27.6 Å². The number of benzene rings is 3. The Morgan fingerprint density at radius 1 is 0.867 bits per heavy atom. The van der Waals surface area contributed by atoms with Crippen molar-refractivity contribution in [3.63, 3.8) is 0 Å². The summed E-state index contributed by atoms with van der Waals surface area (Å²) in [6.45, 7) is 1.41. The van der Waals surface area contributed by atoms with Crippen LogP contribution >= 0.6 is 0 Å². The number of fused-ring (bicyclic) bond motifs is 1. The Morgan fingerprint density at radius 3 is 2.30 bits per heavy atom. The summed E-state index contributed by atoms with van der Waals surface area (Å²) in [6, 6.07) is 18.4. The molecule has 1 aliphatic heterocycles. The van der Waals surface area contributed by atoms with Crippen LogP contribution in [0.15, 0.2) is 66.7 Å². The van der Waals surface area contributed by atoms with Gasteiger partial charge in [0.2, 0.25) is 5.91 Å². The molecule has 0 saturated heterocycles. The summed E-state index contributed by atoms with van der Waals surface area (Å²) in [5.74, 6) is 0.179. The maximum atomic E-state index is 12.9. The molecule has 3 aromatic carbocycles. The highest BCUT2D eigenvalue weighted by Gasteiger charge is 2.36. The molecule has 0 fully saturated rings. The number of para-hydroxylation sites is 1. The molecule has 3 amide bonds. The van der Waals surface area contributed by atoms with E-state index in [0.717, 1.165) is 4.90 Å². The van der Waals surface area contributed by atoms with Crippen LogP contribution in [0.2, 0.25) is 0 Å². The van der Waals surface area contributed by atoms with E-state index in [2.05, 4.69) is 5.32 Å². The molecule has 0 aliphatic carbocycles.